The summed E-state index contributed by atoms with van der Waals surface area (Å²) < 4.78 is 0. The van der Waals surface area contributed by atoms with Crippen LogP contribution in [0.3, 0.4) is 0 Å². The van der Waals surface area contributed by atoms with Gasteiger partial charge in [-0.1, -0.05) is 37.3 Å². The zero-order valence-electron chi connectivity index (χ0n) is 11.4. The van der Waals surface area contributed by atoms with Gasteiger partial charge in [-0.3, -0.25) is 4.90 Å². The molecular formula is C16H24N2. The molecule has 2 fully saturated rings. The first kappa shape index (κ1) is 12.2. The second-order valence-corrected chi connectivity index (χ2v) is 5.76. The minimum atomic E-state index is 0.503. The second-order valence-electron chi connectivity index (χ2n) is 5.76. The molecule has 98 valence electrons. The molecule has 0 aromatic heterocycles. The molecule has 1 heterocycles. The molecule has 1 atom stereocenters. The Morgan fingerprint density at radius 1 is 1.28 bits per heavy atom. The highest BCUT2D eigenvalue weighted by Gasteiger charge is 2.44. The molecule has 0 bridgehead atoms. The van der Waals surface area contributed by atoms with E-state index >= 15 is 0 Å². The summed E-state index contributed by atoms with van der Waals surface area (Å²) in [5.41, 5.74) is 1.98. The number of nitrogens with one attached hydrogen (secondary N) is 1. The van der Waals surface area contributed by atoms with E-state index in [2.05, 4.69) is 47.5 Å². The molecule has 0 amide bonds. The monoisotopic (exact) mass is 244 g/mol. The molecule has 3 rings (SSSR count). The normalized spacial score (nSPS) is 27.7. The van der Waals surface area contributed by atoms with Crippen molar-refractivity contribution in [3.8, 4) is 0 Å². The third-order valence-electron chi connectivity index (χ3n) is 4.98. The number of nitrogens with zero attached hydrogens (tertiary/aromatic N) is 1. The Labute approximate surface area is 110 Å². The van der Waals surface area contributed by atoms with Gasteiger partial charge in [-0.15, -0.1) is 0 Å². The molecule has 1 aromatic carbocycles. The SMILES string of the molecule is CCC1(N2CCNCC2c2ccccc2)CCC1. The van der Waals surface area contributed by atoms with E-state index in [1.807, 2.05) is 0 Å². The molecule has 1 unspecified atom stereocenters. The maximum absolute atomic E-state index is 3.57. The van der Waals surface area contributed by atoms with E-state index in [4.69, 9.17) is 0 Å². The zero-order chi connectivity index (χ0) is 12.4. The van der Waals surface area contributed by atoms with Gasteiger partial charge in [-0.2, -0.15) is 0 Å². The van der Waals surface area contributed by atoms with Gasteiger partial charge in [0.2, 0.25) is 0 Å². The van der Waals surface area contributed by atoms with E-state index in [-0.39, 0.29) is 0 Å². The lowest BCUT2D eigenvalue weighted by molar-refractivity contribution is -0.0332. The summed E-state index contributed by atoms with van der Waals surface area (Å²) in [4.78, 5) is 2.79. The summed E-state index contributed by atoms with van der Waals surface area (Å²) in [6, 6.07) is 11.6. The molecule has 0 spiro atoms. The van der Waals surface area contributed by atoms with E-state index in [0.29, 0.717) is 11.6 Å². The fourth-order valence-corrected chi connectivity index (χ4v) is 3.67. The van der Waals surface area contributed by atoms with Crippen LogP contribution in [0.15, 0.2) is 30.3 Å². The fraction of sp³-hybridized carbons (Fsp3) is 0.625. The highest BCUT2D eigenvalue weighted by atomic mass is 15.3. The summed E-state index contributed by atoms with van der Waals surface area (Å²) in [6.45, 7) is 5.81. The van der Waals surface area contributed by atoms with Crippen molar-refractivity contribution >= 4 is 0 Å². The van der Waals surface area contributed by atoms with Crippen LogP contribution in [-0.4, -0.2) is 30.1 Å². The van der Waals surface area contributed by atoms with Gasteiger partial charge in [0.25, 0.3) is 0 Å². The molecule has 1 saturated carbocycles. The lowest BCUT2D eigenvalue weighted by Crippen LogP contribution is -2.60. The van der Waals surface area contributed by atoms with Crippen molar-refractivity contribution in [3.05, 3.63) is 35.9 Å². The smallest absolute Gasteiger partial charge is 0.0478 e. The first-order chi connectivity index (χ1) is 8.86. The van der Waals surface area contributed by atoms with E-state index < -0.39 is 0 Å². The van der Waals surface area contributed by atoms with Gasteiger partial charge in [-0.25, -0.2) is 0 Å². The van der Waals surface area contributed by atoms with E-state index in [1.165, 1.54) is 37.8 Å². The van der Waals surface area contributed by atoms with E-state index in [1.54, 1.807) is 0 Å². The van der Waals surface area contributed by atoms with Gasteiger partial charge in [0, 0.05) is 31.2 Å². The number of rotatable bonds is 3. The van der Waals surface area contributed by atoms with Crippen molar-refractivity contribution in [1.29, 1.82) is 0 Å². The molecule has 2 heteroatoms. The molecule has 18 heavy (non-hydrogen) atoms. The average Bonchev–Trinajstić information content (AvgIpc) is 2.40. The summed E-state index contributed by atoms with van der Waals surface area (Å²) >= 11 is 0. The summed E-state index contributed by atoms with van der Waals surface area (Å²) in [6.07, 6.45) is 5.51. The van der Waals surface area contributed by atoms with Crippen LogP contribution in [0.1, 0.15) is 44.2 Å². The quantitative estimate of drug-likeness (QED) is 0.879. The second kappa shape index (κ2) is 5.02. The Balaban J connectivity index is 1.86. The molecule has 1 aliphatic heterocycles. The van der Waals surface area contributed by atoms with Crippen LogP contribution in [0.4, 0.5) is 0 Å². The first-order valence-corrected chi connectivity index (χ1v) is 7.38. The summed E-state index contributed by atoms with van der Waals surface area (Å²) in [5.74, 6) is 0. The number of hydrogen-bond donors (Lipinski definition) is 1. The highest BCUT2D eigenvalue weighted by Crippen LogP contribution is 2.44. The number of hydrogen-bond acceptors (Lipinski definition) is 2. The Morgan fingerprint density at radius 2 is 2.06 bits per heavy atom. The van der Waals surface area contributed by atoms with Crippen LogP contribution in [0, 0.1) is 0 Å². The zero-order valence-corrected chi connectivity index (χ0v) is 11.4. The van der Waals surface area contributed by atoms with Crippen LogP contribution in [-0.2, 0) is 0 Å². The van der Waals surface area contributed by atoms with Crippen molar-refractivity contribution in [3.63, 3.8) is 0 Å². The first-order valence-electron chi connectivity index (χ1n) is 7.38. The molecular weight excluding hydrogens is 220 g/mol. The van der Waals surface area contributed by atoms with Gasteiger partial charge in [-0.05, 0) is 31.2 Å². The standard InChI is InChI=1S/C16H24N2/c1-2-16(9-6-10-16)18-12-11-17-13-15(18)14-7-4-3-5-8-14/h3-5,7-8,15,17H,2,6,9-13H2,1H3. The van der Waals surface area contributed by atoms with Crippen molar-refractivity contribution in [2.24, 2.45) is 0 Å². The molecule has 1 saturated heterocycles. The van der Waals surface area contributed by atoms with Crippen LogP contribution in [0.2, 0.25) is 0 Å². The van der Waals surface area contributed by atoms with Gasteiger partial charge in [0.15, 0.2) is 0 Å². The average molecular weight is 244 g/mol. The van der Waals surface area contributed by atoms with Crippen LogP contribution >= 0.6 is 0 Å². The van der Waals surface area contributed by atoms with Gasteiger partial charge >= 0.3 is 0 Å². The maximum Gasteiger partial charge on any atom is 0.0478 e. The van der Waals surface area contributed by atoms with Crippen LogP contribution < -0.4 is 5.32 Å². The highest BCUT2D eigenvalue weighted by molar-refractivity contribution is 5.21. The Kier molecular flexibility index (Phi) is 3.40. The number of piperazine rings is 1. The number of benzene rings is 1. The molecule has 0 radical (unpaired) electrons. The van der Waals surface area contributed by atoms with Crippen molar-refractivity contribution in [1.82, 2.24) is 10.2 Å². The molecule has 2 aliphatic rings. The van der Waals surface area contributed by atoms with Gasteiger partial charge in [0.05, 0.1) is 0 Å². The van der Waals surface area contributed by atoms with Crippen molar-refractivity contribution in [2.45, 2.75) is 44.2 Å². The third kappa shape index (κ3) is 1.98. The van der Waals surface area contributed by atoms with Crippen molar-refractivity contribution in [2.75, 3.05) is 19.6 Å². The molecule has 1 aromatic rings. The van der Waals surface area contributed by atoms with E-state index in [9.17, 15) is 0 Å². The summed E-state index contributed by atoms with van der Waals surface area (Å²) in [7, 11) is 0. The lowest BCUT2D eigenvalue weighted by Gasteiger charge is -2.55. The van der Waals surface area contributed by atoms with Crippen LogP contribution in [0.5, 0.6) is 0 Å². The van der Waals surface area contributed by atoms with Gasteiger partial charge < -0.3 is 5.32 Å². The van der Waals surface area contributed by atoms with Crippen LogP contribution in [0.25, 0.3) is 0 Å². The van der Waals surface area contributed by atoms with E-state index in [0.717, 1.165) is 13.1 Å². The topological polar surface area (TPSA) is 15.3 Å². The Bertz CT molecular complexity index is 378. The van der Waals surface area contributed by atoms with Gasteiger partial charge in [0.1, 0.15) is 0 Å². The predicted octanol–water partition coefficient (Wildman–Crippen LogP) is 2.97. The largest absolute Gasteiger partial charge is 0.314 e. The molecule has 1 N–H and O–H groups in total. The minimum absolute atomic E-state index is 0.503. The molecule has 1 aliphatic carbocycles. The lowest BCUT2D eigenvalue weighted by atomic mass is 9.72. The predicted molar refractivity (Wildman–Crippen MR) is 75.6 cm³/mol. The Hall–Kier alpha value is -0.860. The Morgan fingerprint density at radius 3 is 2.67 bits per heavy atom. The molecule has 2 nitrogen and oxygen atoms in total. The fourth-order valence-electron chi connectivity index (χ4n) is 3.67. The maximum atomic E-state index is 3.57. The summed E-state index contributed by atoms with van der Waals surface area (Å²) in [5, 5.41) is 3.57. The van der Waals surface area contributed by atoms with Crippen molar-refractivity contribution < 1.29 is 0 Å². The third-order valence-corrected chi connectivity index (χ3v) is 4.98. The minimum Gasteiger partial charge on any atom is -0.314 e.